The van der Waals surface area contributed by atoms with E-state index in [4.69, 9.17) is 5.73 Å². The van der Waals surface area contributed by atoms with E-state index < -0.39 is 0 Å². The summed E-state index contributed by atoms with van der Waals surface area (Å²) in [5.74, 6) is 0. The highest BCUT2D eigenvalue weighted by Gasteiger charge is 2.11. The van der Waals surface area contributed by atoms with Crippen molar-refractivity contribution in [2.45, 2.75) is 45.6 Å². The van der Waals surface area contributed by atoms with Crippen LogP contribution >= 0.6 is 0 Å². The normalized spacial score (nSPS) is 20.4. The SMILES string of the molecule is C=C(C)/C=C\C(=C/N/C=C(\N)CC)CNCC1CCCCN1. The molecule has 1 aliphatic rings. The Bertz CT molecular complexity index is 415. The number of rotatable bonds is 9. The molecular formula is C18H32N4. The number of allylic oxidation sites excluding steroid dienone is 3. The van der Waals surface area contributed by atoms with Gasteiger partial charge in [0.25, 0.3) is 0 Å². The van der Waals surface area contributed by atoms with Crippen LogP contribution in [0.5, 0.6) is 0 Å². The predicted molar refractivity (Wildman–Crippen MR) is 96.2 cm³/mol. The second-order valence-electron chi connectivity index (χ2n) is 5.92. The molecule has 22 heavy (non-hydrogen) atoms. The third kappa shape index (κ3) is 8.70. The van der Waals surface area contributed by atoms with E-state index in [0.717, 1.165) is 37.3 Å². The summed E-state index contributed by atoms with van der Waals surface area (Å²) in [7, 11) is 0. The Labute approximate surface area is 135 Å². The van der Waals surface area contributed by atoms with E-state index in [-0.39, 0.29) is 0 Å². The van der Waals surface area contributed by atoms with Gasteiger partial charge in [0.1, 0.15) is 0 Å². The number of hydrogen-bond acceptors (Lipinski definition) is 4. The fraction of sp³-hybridized carbons (Fsp3) is 0.556. The Hall–Kier alpha value is -1.52. The molecule has 0 aromatic heterocycles. The molecule has 0 spiro atoms. The van der Waals surface area contributed by atoms with Crippen molar-refractivity contribution in [2.75, 3.05) is 19.6 Å². The molecule has 1 atom stereocenters. The summed E-state index contributed by atoms with van der Waals surface area (Å²) < 4.78 is 0. The molecule has 0 saturated carbocycles. The Balaban J connectivity index is 2.46. The zero-order valence-electron chi connectivity index (χ0n) is 14.1. The van der Waals surface area contributed by atoms with E-state index in [9.17, 15) is 0 Å². The van der Waals surface area contributed by atoms with Crippen molar-refractivity contribution in [3.63, 3.8) is 0 Å². The van der Waals surface area contributed by atoms with Gasteiger partial charge in [0.15, 0.2) is 0 Å². The van der Waals surface area contributed by atoms with E-state index >= 15 is 0 Å². The summed E-state index contributed by atoms with van der Waals surface area (Å²) in [4.78, 5) is 0. The molecule has 0 amide bonds. The minimum Gasteiger partial charge on any atom is -0.401 e. The van der Waals surface area contributed by atoms with Crippen LogP contribution < -0.4 is 21.7 Å². The quantitative estimate of drug-likeness (QED) is 0.494. The molecule has 0 aliphatic carbocycles. The first-order chi connectivity index (χ1) is 10.6. The molecule has 4 heteroatoms. The van der Waals surface area contributed by atoms with Gasteiger partial charge in [-0.25, -0.2) is 0 Å². The van der Waals surface area contributed by atoms with Gasteiger partial charge in [-0.05, 0) is 38.3 Å². The lowest BCUT2D eigenvalue weighted by Crippen LogP contribution is -2.42. The standard InChI is InChI=1S/C18H32N4/c1-4-17(19)13-20-11-16(9-8-15(2)3)12-21-14-18-7-5-6-10-22-18/h8-9,11,13,18,20-22H,2,4-7,10,12,14,19H2,1,3H3/b9-8-,16-11+,17-13-. The predicted octanol–water partition coefficient (Wildman–Crippen LogP) is 2.53. The zero-order chi connectivity index (χ0) is 16.2. The van der Waals surface area contributed by atoms with Gasteiger partial charge in [0.2, 0.25) is 0 Å². The van der Waals surface area contributed by atoms with Gasteiger partial charge in [-0.15, -0.1) is 0 Å². The van der Waals surface area contributed by atoms with Crippen LogP contribution in [0.3, 0.4) is 0 Å². The lowest BCUT2D eigenvalue weighted by molar-refractivity contribution is 0.387. The summed E-state index contributed by atoms with van der Waals surface area (Å²) >= 11 is 0. The molecule has 5 N–H and O–H groups in total. The maximum absolute atomic E-state index is 5.79. The molecule has 0 radical (unpaired) electrons. The van der Waals surface area contributed by atoms with E-state index in [0.29, 0.717) is 6.04 Å². The average molecular weight is 304 g/mol. The summed E-state index contributed by atoms with van der Waals surface area (Å²) in [6.45, 7) is 10.9. The Morgan fingerprint density at radius 2 is 2.14 bits per heavy atom. The number of nitrogens with one attached hydrogen (secondary N) is 3. The van der Waals surface area contributed by atoms with E-state index in [1.165, 1.54) is 24.8 Å². The molecule has 1 fully saturated rings. The largest absolute Gasteiger partial charge is 0.401 e. The molecule has 1 unspecified atom stereocenters. The lowest BCUT2D eigenvalue weighted by atomic mass is 10.1. The Kier molecular flexibility index (Phi) is 9.35. The van der Waals surface area contributed by atoms with Crippen LogP contribution in [0.25, 0.3) is 0 Å². The third-order valence-electron chi connectivity index (χ3n) is 3.66. The van der Waals surface area contributed by atoms with Crippen LogP contribution in [0.1, 0.15) is 39.5 Å². The highest BCUT2D eigenvalue weighted by Crippen LogP contribution is 2.06. The van der Waals surface area contributed by atoms with Crippen LogP contribution in [-0.2, 0) is 0 Å². The van der Waals surface area contributed by atoms with Gasteiger partial charge in [-0.3, -0.25) is 0 Å². The fourth-order valence-corrected chi connectivity index (χ4v) is 2.25. The van der Waals surface area contributed by atoms with Crippen molar-refractivity contribution >= 4 is 0 Å². The van der Waals surface area contributed by atoms with Gasteiger partial charge in [-0.2, -0.15) is 0 Å². The van der Waals surface area contributed by atoms with Crippen LogP contribution in [0.2, 0.25) is 0 Å². The van der Waals surface area contributed by atoms with Crippen molar-refractivity contribution in [1.82, 2.24) is 16.0 Å². The molecule has 1 heterocycles. The molecule has 4 nitrogen and oxygen atoms in total. The van der Waals surface area contributed by atoms with Gasteiger partial charge in [0.05, 0.1) is 0 Å². The number of hydrogen-bond donors (Lipinski definition) is 4. The molecule has 124 valence electrons. The average Bonchev–Trinajstić information content (AvgIpc) is 2.52. The van der Waals surface area contributed by atoms with Crippen molar-refractivity contribution in [1.29, 1.82) is 0 Å². The molecule has 0 aromatic rings. The topological polar surface area (TPSA) is 62.1 Å². The van der Waals surface area contributed by atoms with Crippen LogP contribution in [0, 0.1) is 0 Å². The molecular weight excluding hydrogens is 272 g/mol. The van der Waals surface area contributed by atoms with Crippen molar-refractivity contribution in [3.05, 3.63) is 48.0 Å². The van der Waals surface area contributed by atoms with E-state index in [1.54, 1.807) is 0 Å². The van der Waals surface area contributed by atoms with Crippen molar-refractivity contribution in [3.8, 4) is 0 Å². The first-order valence-electron chi connectivity index (χ1n) is 8.29. The van der Waals surface area contributed by atoms with Crippen LogP contribution in [0.4, 0.5) is 0 Å². The molecule has 1 saturated heterocycles. The van der Waals surface area contributed by atoms with E-state index in [2.05, 4.69) is 28.6 Å². The van der Waals surface area contributed by atoms with Crippen molar-refractivity contribution in [2.24, 2.45) is 5.73 Å². The highest BCUT2D eigenvalue weighted by molar-refractivity contribution is 5.26. The second kappa shape index (κ2) is 11.1. The van der Waals surface area contributed by atoms with Gasteiger partial charge in [-0.1, -0.05) is 37.6 Å². The third-order valence-corrected chi connectivity index (χ3v) is 3.66. The lowest BCUT2D eigenvalue weighted by Gasteiger charge is -2.23. The second-order valence-corrected chi connectivity index (χ2v) is 5.92. The van der Waals surface area contributed by atoms with Crippen LogP contribution in [0.15, 0.2) is 48.0 Å². The summed E-state index contributed by atoms with van der Waals surface area (Å²) in [5.41, 5.74) is 8.86. The molecule has 0 aromatic carbocycles. The minimum absolute atomic E-state index is 0.601. The van der Waals surface area contributed by atoms with Crippen LogP contribution in [-0.4, -0.2) is 25.7 Å². The number of piperidine rings is 1. The van der Waals surface area contributed by atoms with Crippen molar-refractivity contribution < 1.29 is 0 Å². The maximum Gasteiger partial charge on any atom is 0.0240 e. The summed E-state index contributed by atoms with van der Waals surface area (Å²) in [5, 5.41) is 10.2. The first-order valence-corrected chi connectivity index (χ1v) is 8.29. The highest BCUT2D eigenvalue weighted by atomic mass is 15.0. The zero-order valence-corrected chi connectivity index (χ0v) is 14.1. The Morgan fingerprint density at radius 1 is 1.32 bits per heavy atom. The first kappa shape index (κ1) is 18.5. The van der Waals surface area contributed by atoms with Gasteiger partial charge in [0, 0.05) is 37.2 Å². The fourth-order valence-electron chi connectivity index (χ4n) is 2.25. The Morgan fingerprint density at radius 3 is 2.77 bits per heavy atom. The summed E-state index contributed by atoms with van der Waals surface area (Å²) in [6.07, 6.45) is 12.7. The molecule has 0 bridgehead atoms. The van der Waals surface area contributed by atoms with Gasteiger partial charge >= 0.3 is 0 Å². The van der Waals surface area contributed by atoms with Gasteiger partial charge < -0.3 is 21.7 Å². The summed E-state index contributed by atoms with van der Waals surface area (Å²) in [6, 6.07) is 0.601. The number of nitrogens with two attached hydrogens (primary N) is 1. The maximum atomic E-state index is 5.79. The van der Waals surface area contributed by atoms with E-state index in [1.807, 2.05) is 32.3 Å². The monoisotopic (exact) mass is 304 g/mol. The minimum atomic E-state index is 0.601. The molecule has 1 rings (SSSR count). The molecule has 1 aliphatic heterocycles. The smallest absolute Gasteiger partial charge is 0.0240 e.